The van der Waals surface area contributed by atoms with Crippen LogP contribution in [-0.4, -0.2) is 51.6 Å². The molecule has 0 N–H and O–H groups in total. The van der Waals surface area contributed by atoms with E-state index in [1.165, 1.54) is 16.4 Å². The predicted molar refractivity (Wildman–Crippen MR) is 76.6 cm³/mol. The van der Waals surface area contributed by atoms with Gasteiger partial charge < -0.3 is 9.47 Å². The molecule has 0 radical (unpaired) electrons. The van der Waals surface area contributed by atoms with Gasteiger partial charge in [-0.15, -0.1) is 0 Å². The first kappa shape index (κ1) is 15.9. The number of hydrogen-bond donors (Lipinski definition) is 0. The van der Waals surface area contributed by atoms with E-state index in [1.54, 1.807) is 12.1 Å². The molecule has 6 nitrogen and oxygen atoms in total. The summed E-state index contributed by atoms with van der Waals surface area (Å²) in [5.74, 6) is -0.504. The molecule has 1 aromatic carbocycles. The van der Waals surface area contributed by atoms with Crippen LogP contribution in [0.25, 0.3) is 0 Å². The molecular weight excluding hydrogens is 294 g/mol. The molecule has 2 rings (SSSR count). The van der Waals surface area contributed by atoms with E-state index in [2.05, 4.69) is 0 Å². The highest BCUT2D eigenvalue weighted by molar-refractivity contribution is 7.89. The zero-order valence-electron chi connectivity index (χ0n) is 11.9. The molecule has 0 amide bonds. The van der Waals surface area contributed by atoms with Gasteiger partial charge in [0.05, 0.1) is 30.3 Å². The van der Waals surface area contributed by atoms with E-state index in [-0.39, 0.29) is 10.5 Å². The van der Waals surface area contributed by atoms with Crippen molar-refractivity contribution in [3.63, 3.8) is 0 Å². The van der Waals surface area contributed by atoms with E-state index < -0.39 is 16.0 Å². The Hall–Kier alpha value is -1.44. The number of benzene rings is 1. The van der Waals surface area contributed by atoms with Gasteiger partial charge in [-0.3, -0.25) is 0 Å². The van der Waals surface area contributed by atoms with Crippen LogP contribution in [0.5, 0.6) is 0 Å². The van der Waals surface area contributed by atoms with Gasteiger partial charge in [0.2, 0.25) is 10.0 Å². The minimum atomic E-state index is -3.59. The summed E-state index contributed by atoms with van der Waals surface area (Å²) in [6, 6.07) is 5.95. The van der Waals surface area contributed by atoms with Crippen molar-refractivity contribution in [3.8, 4) is 0 Å². The van der Waals surface area contributed by atoms with Crippen molar-refractivity contribution in [2.45, 2.75) is 18.2 Å². The highest BCUT2D eigenvalue weighted by Gasteiger charge is 2.26. The Morgan fingerprint density at radius 3 is 2.71 bits per heavy atom. The number of morpholine rings is 1. The van der Waals surface area contributed by atoms with Crippen molar-refractivity contribution in [1.29, 1.82) is 0 Å². The summed E-state index contributed by atoms with van der Waals surface area (Å²) < 4.78 is 36.5. The number of rotatable bonds is 5. The zero-order chi connectivity index (χ0) is 15.3. The van der Waals surface area contributed by atoms with Crippen LogP contribution in [0.4, 0.5) is 0 Å². The smallest absolute Gasteiger partial charge is 0.338 e. The molecule has 7 heteroatoms. The monoisotopic (exact) mass is 313 g/mol. The Morgan fingerprint density at radius 1 is 1.33 bits per heavy atom. The summed E-state index contributed by atoms with van der Waals surface area (Å²) in [6.45, 7) is 3.64. The Kier molecular flexibility index (Phi) is 5.33. The maximum Gasteiger partial charge on any atom is 0.338 e. The first-order valence-electron chi connectivity index (χ1n) is 6.91. The molecular formula is C14H19NO5S. The van der Waals surface area contributed by atoms with Gasteiger partial charge in [-0.1, -0.05) is 13.0 Å². The van der Waals surface area contributed by atoms with E-state index in [0.717, 1.165) is 6.42 Å². The van der Waals surface area contributed by atoms with Gasteiger partial charge >= 0.3 is 5.97 Å². The summed E-state index contributed by atoms with van der Waals surface area (Å²) >= 11 is 0. The number of carbonyl (C=O) groups excluding carboxylic acids is 1. The second-order valence-electron chi connectivity index (χ2n) is 4.68. The number of nitrogens with zero attached hydrogens (tertiary/aromatic N) is 1. The maximum atomic E-state index is 12.5. The van der Waals surface area contributed by atoms with Gasteiger partial charge in [0, 0.05) is 13.1 Å². The third-order valence-corrected chi connectivity index (χ3v) is 5.01. The van der Waals surface area contributed by atoms with Gasteiger partial charge in [-0.2, -0.15) is 4.31 Å². The topological polar surface area (TPSA) is 72.9 Å². The number of carbonyl (C=O) groups is 1. The average Bonchev–Trinajstić information content (AvgIpc) is 2.53. The van der Waals surface area contributed by atoms with Crippen LogP contribution in [0, 0.1) is 0 Å². The van der Waals surface area contributed by atoms with Gasteiger partial charge in [-0.25, -0.2) is 13.2 Å². The molecule has 0 aliphatic carbocycles. The average molecular weight is 313 g/mol. The van der Waals surface area contributed by atoms with Crippen molar-refractivity contribution in [2.75, 3.05) is 32.9 Å². The largest absolute Gasteiger partial charge is 0.462 e. The summed E-state index contributed by atoms with van der Waals surface area (Å²) in [5.41, 5.74) is 0.248. The van der Waals surface area contributed by atoms with Gasteiger partial charge in [0.15, 0.2) is 0 Å². The van der Waals surface area contributed by atoms with Crippen molar-refractivity contribution < 1.29 is 22.7 Å². The fraction of sp³-hybridized carbons (Fsp3) is 0.500. The second-order valence-corrected chi connectivity index (χ2v) is 6.62. The van der Waals surface area contributed by atoms with E-state index in [4.69, 9.17) is 9.47 Å². The maximum absolute atomic E-state index is 12.5. The quantitative estimate of drug-likeness (QED) is 0.766. The first-order chi connectivity index (χ1) is 10.1. The molecule has 1 fully saturated rings. The first-order valence-corrected chi connectivity index (χ1v) is 8.35. The van der Waals surface area contributed by atoms with Crippen LogP contribution in [0.3, 0.4) is 0 Å². The van der Waals surface area contributed by atoms with Crippen LogP contribution in [-0.2, 0) is 19.5 Å². The Balaban J connectivity index is 2.21. The molecule has 1 saturated heterocycles. The van der Waals surface area contributed by atoms with Gasteiger partial charge in [-0.05, 0) is 24.6 Å². The van der Waals surface area contributed by atoms with E-state index in [1.807, 2.05) is 6.92 Å². The lowest BCUT2D eigenvalue weighted by Gasteiger charge is -2.26. The minimum absolute atomic E-state index is 0.107. The lowest BCUT2D eigenvalue weighted by molar-refractivity contribution is 0.0504. The van der Waals surface area contributed by atoms with Crippen LogP contribution >= 0.6 is 0 Å². The number of sulfonamides is 1. The third-order valence-electron chi connectivity index (χ3n) is 3.11. The summed E-state index contributed by atoms with van der Waals surface area (Å²) in [4.78, 5) is 11.9. The lowest BCUT2D eigenvalue weighted by Crippen LogP contribution is -2.40. The molecule has 0 bridgehead atoms. The molecule has 1 aliphatic heterocycles. The zero-order valence-corrected chi connectivity index (χ0v) is 12.8. The third kappa shape index (κ3) is 3.81. The second kappa shape index (κ2) is 7.02. The summed E-state index contributed by atoms with van der Waals surface area (Å²) in [5, 5.41) is 0. The van der Waals surface area contributed by atoms with Crippen LogP contribution < -0.4 is 0 Å². The number of ether oxygens (including phenoxy) is 2. The predicted octanol–water partition coefficient (Wildman–Crippen LogP) is 1.27. The molecule has 0 unspecified atom stereocenters. The van der Waals surface area contributed by atoms with Crippen molar-refractivity contribution in [1.82, 2.24) is 4.31 Å². The Morgan fingerprint density at radius 2 is 2.05 bits per heavy atom. The van der Waals surface area contributed by atoms with E-state index in [9.17, 15) is 13.2 Å². The van der Waals surface area contributed by atoms with E-state index >= 15 is 0 Å². The van der Waals surface area contributed by atoms with E-state index in [0.29, 0.717) is 32.9 Å². The standard InChI is InChI=1S/C14H19NO5S/c1-2-8-20-14(16)12-4-3-5-13(11-12)21(17,18)15-6-9-19-10-7-15/h3-5,11H,2,6-10H2,1H3. The normalized spacial score (nSPS) is 16.6. The molecule has 0 aromatic heterocycles. The fourth-order valence-corrected chi connectivity index (χ4v) is 3.45. The molecule has 1 aliphatic rings. The molecule has 0 saturated carbocycles. The van der Waals surface area contributed by atoms with Crippen molar-refractivity contribution >= 4 is 16.0 Å². The molecule has 0 atom stereocenters. The van der Waals surface area contributed by atoms with Gasteiger partial charge in [0.25, 0.3) is 0 Å². The molecule has 116 valence electrons. The highest BCUT2D eigenvalue weighted by atomic mass is 32.2. The minimum Gasteiger partial charge on any atom is -0.462 e. The molecule has 1 aromatic rings. The summed E-state index contributed by atoms with van der Waals surface area (Å²) in [7, 11) is -3.59. The van der Waals surface area contributed by atoms with Crippen molar-refractivity contribution in [3.05, 3.63) is 29.8 Å². The Labute approximate surface area is 124 Å². The van der Waals surface area contributed by atoms with Crippen LogP contribution in [0.15, 0.2) is 29.2 Å². The van der Waals surface area contributed by atoms with Crippen LogP contribution in [0.2, 0.25) is 0 Å². The Bertz CT molecular complexity index is 593. The summed E-state index contributed by atoms with van der Waals surface area (Å²) in [6.07, 6.45) is 0.720. The number of esters is 1. The lowest BCUT2D eigenvalue weighted by atomic mass is 10.2. The van der Waals surface area contributed by atoms with Gasteiger partial charge in [0.1, 0.15) is 0 Å². The SMILES string of the molecule is CCCOC(=O)c1cccc(S(=O)(=O)N2CCOCC2)c1. The fourth-order valence-electron chi connectivity index (χ4n) is 2.00. The molecule has 21 heavy (non-hydrogen) atoms. The molecule has 1 heterocycles. The number of hydrogen-bond acceptors (Lipinski definition) is 5. The van der Waals surface area contributed by atoms with Crippen molar-refractivity contribution in [2.24, 2.45) is 0 Å². The highest BCUT2D eigenvalue weighted by Crippen LogP contribution is 2.18. The van der Waals surface area contributed by atoms with Crippen LogP contribution in [0.1, 0.15) is 23.7 Å². The molecule has 0 spiro atoms.